The molecule has 0 aliphatic carbocycles. The van der Waals surface area contributed by atoms with Gasteiger partial charge in [-0.05, 0) is 41.0 Å². The van der Waals surface area contributed by atoms with Crippen LogP contribution in [0.25, 0.3) is 9.88 Å². The minimum atomic E-state index is 0.872. The standard InChI is InChI=1S/C11H13BrN2S2/c1-2-5-13-6-8-7-15-11(14-8)9-3-4-10(12)16-9/h3-4,7,13H,2,5-6H2,1H3. The van der Waals surface area contributed by atoms with Crippen LogP contribution in [0.4, 0.5) is 0 Å². The number of halogens is 1. The van der Waals surface area contributed by atoms with Gasteiger partial charge < -0.3 is 5.32 Å². The van der Waals surface area contributed by atoms with Crippen LogP contribution in [0.1, 0.15) is 19.0 Å². The van der Waals surface area contributed by atoms with E-state index in [1.807, 2.05) is 0 Å². The summed E-state index contributed by atoms with van der Waals surface area (Å²) < 4.78 is 1.16. The van der Waals surface area contributed by atoms with Crippen LogP contribution in [0.2, 0.25) is 0 Å². The van der Waals surface area contributed by atoms with Crippen molar-refractivity contribution in [3.8, 4) is 9.88 Å². The molecular weight excluding hydrogens is 304 g/mol. The maximum Gasteiger partial charge on any atom is 0.133 e. The second-order valence-electron chi connectivity index (χ2n) is 3.42. The van der Waals surface area contributed by atoms with Gasteiger partial charge in [-0.2, -0.15) is 0 Å². The summed E-state index contributed by atoms with van der Waals surface area (Å²) in [6, 6.07) is 4.17. The first kappa shape index (κ1) is 12.2. The summed E-state index contributed by atoms with van der Waals surface area (Å²) in [6.07, 6.45) is 1.16. The molecule has 2 aromatic heterocycles. The van der Waals surface area contributed by atoms with E-state index in [0.717, 1.165) is 34.0 Å². The number of hydrogen-bond donors (Lipinski definition) is 1. The van der Waals surface area contributed by atoms with Crippen molar-refractivity contribution in [1.29, 1.82) is 0 Å². The van der Waals surface area contributed by atoms with E-state index in [-0.39, 0.29) is 0 Å². The van der Waals surface area contributed by atoms with Crippen molar-refractivity contribution < 1.29 is 0 Å². The van der Waals surface area contributed by atoms with Gasteiger partial charge in [0.15, 0.2) is 0 Å². The van der Waals surface area contributed by atoms with E-state index >= 15 is 0 Å². The monoisotopic (exact) mass is 316 g/mol. The minimum absolute atomic E-state index is 0.872. The fourth-order valence-electron chi connectivity index (χ4n) is 1.32. The van der Waals surface area contributed by atoms with Crippen LogP contribution in [-0.2, 0) is 6.54 Å². The lowest BCUT2D eigenvalue weighted by Crippen LogP contribution is -2.13. The third kappa shape index (κ3) is 3.13. The number of aromatic nitrogens is 1. The number of thiazole rings is 1. The Morgan fingerprint density at radius 3 is 3.00 bits per heavy atom. The van der Waals surface area contributed by atoms with E-state index in [9.17, 15) is 0 Å². The summed E-state index contributed by atoms with van der Waals surface area (Å²) in [4.78, 5) is 5.85. The molecule has 0 saturated heterocycles. The predicted octanol–water partition coefficient (Wildman–Crippen LogP) is 4.13. The molecule has 0 bridgehead atoms. The lowest BCUT2D eigenvalue weighted by molar-refractivity contribution is 0.667. The first-order valence-corrected chi connectivity index (χ1v) is 7.69. The van der Waals surface area contributed by atoms with E-state index in [4.69, 9.17) is 0 Å². The third-order valence-corrected chi connectivity index (χ3v) is 4.75. The van der Waals surface area contributed by atoms with Gasteiger partial charge in [0.1, 0.15) is 5.01 Å². The van der Waals surface area contributed by atoms with Gasteiger partial charge in [0, 0.05) is 11.9 Å². The molecule has 2 nitrogen and oxygen atoms in total. The number of thiophene rings is 1. The van der Waals surface area contributed by atoms with Gasteiger partial charge in [-0.3, -0.25) is 0 Å². The molecule has 2 heterocycles. The summed E-state index contributed by atoms with van der Waals surface area (Å²) in [5.74, 6) is 0. The highest BCUT2D eigenvalue weighted by atomic mass is 79.9. The maximum atomic E-state index is 4.61. The molecule has 0 aliphatic rings. The lowest BCUT2D eigenvalue weighted by Gasteiger charge is -1.97. The number of hydrogen-bond acceptors (Lipinski definition) is 4. The SMILES string of the molecule is CCCNCc1csc(-c2ccc(Br)s2)n1. The molecule has 0 spiro atoms. The van der Waals surface area contributed by atoms with Gasteiger partial charge in [0.05, 0.1) is 14.4 Å². The van der Waals surface area contributed by atoms with Crippen LogP contribution < -0.4 is 5.32 Å². The van der Waals surface area contributed by atoms with Crippen molar-refractivity contribution in [1.82, 2.24) is 10.3 Å². The van der Waals surface area contributed by atoms with E-state index in [1.165, 1.54) is 4.88 Å². The van der Waals surface area contributed by atoms with Crippen LogP contribution >= 0.6 is 38.6 Å². The number of rotatable bonds is 5. The second-order valence-corrected chi connectivity index (χ2v) is 6.75. The average Bonchev–Trinajstić information content (AvgIpc) is 2.87. The number of nitrogens with zero attached hydrogens (tertiary/aromatic N) is 1. The summed E-state index contributed by atoms with van der Waals surface area (Å²) in [5.41, 5.74) is 1.14. The Hall–Kier alpha value is -0.230. The molecule has 1 N–H and O–H groups in total. The Balaban J connectivity index is 2.02. The van der Waals surface area contributed by atoms with Crippen molar-refractivity contribution in [3.05, 3.63) is 27.0 Å². The van der Waals surface area contributed by atoms with Gasteiger partial charge in [0.2, 0.25) is 0 Å². The Bertz CT molecular complexity index is 450. The molecule has 0 aliphatic heterocycles. The Morgan fingerprint density at radius 1 is 1.44 bits per heavy atom. The largest absolute Gasteiger partial charge is 0.311 e. The summed E-state index contributed by atoms with van der Waals surface area (Å²) in [5, 5.41) is 6.61. The highest BCUT2D eigenvalue weighted by Crippen LogP contribution is 2.33. The molecule has 0 atom stereocenters. The average molecular weight is 317 g/mol. The summed E-state index contributed by atoms with van der Waals surface area (Å²) >= 11 is 6.91. The number of nitrogens with one attached hydrogen (secondary N) is 1. The van der Waals surface area contributed by atoms with Gasteiger partial charge in [-0.1, -0.05) is 6.92 Å². The summed E-state index contributed by atoms with van der Waals surface area (Å²) in [6.45, 7) is 4.09. The molecule has 2 rings (SSSR count). The molecule has 0 saturated carbocycles. The normalized spacial score (nSPS) is 10.9. The van der Waals surface area contributed by atoms with Crippen LogP contribution in [0.5, 0.6) is 0 Å². The van der Waals surface area contributed by atoms with E-state index in [2.05, 4.69) is 50.7 Å². The zero-order chi connectivity index (χ0) is 11.4. The van der Waals surface area contributed by atoms with Crippen molar-refractivity contribution in [2.24, 2.45) is 0 Å². The lowest BCUT2D eigenvalue weighted by atomic mass is 10.4. The molecule has 0 fully saturated rings. The second kappa shape index (κ2) is 5.91. The predicted molar refractivity (Wildman–Crippen MR) is 75.1 cm³/mol. The molecule has 0 aromatic carbocycles. The van der Waals surface area contributed by atoms with Crippen molar-refractivity contribution in [2.45, 2.75) is 19.9 Å². The fraction of sp³-hybridized carbons (Fsp3) is 0.364. The Labute approximate surface area is 112 Å². The van der Waals surface area contributed by atoms with E-state index in [0.29, 0.717) is 0 Å². The van der Waals surface area contributed by atoms with Gasteiger partial charge in [0.25, 0.3) is 0 Å². The zero-order valence-electron chi connectivity index (χ0n) is 9.00. The molecule has 2 aromatic rings. The van der Waals surface area contributed by atoms with Crippen LogP contribution in [-0.4, -0.2) is 11.5 Å². The molecule has 16 heavy (non-hydrogen) atoms. The zero-order valence-corrected chi connectivity index (χ0v) is 12.2. The smallest absolute Gasteiger partial charge is 0.133 e. The first-order valence-electron chi connectivity index (χ1n) is 5.20. The van der Waals surface area contributed by atoms with Gasteiger partial charge in [-0.25, -0.2) is 4.98 Å². The minimum Gasteiger partial charge on any atom is -0.311 e. The van der Waals surface area contributed by atoms with Crippen LogP contribution in [0, 0.1) is 0 Å². The van der Waals surface area contributed by atoms with Crippen LogP contribution in [0.3, 0.4) is 0 Å². The highest BCUT2D eigenvalue weighted by molar-refractivity contribution is 9.11. The molecule has 5 heteroatoms. The van der Waals surface area contributed by atoms with E-state index in [1.54, 1.807) is 22.7 Å². The van der Waals surface area contributed by atoms with Crippen molar-refractivity contribution >= 4 is 38.6 Å². The van der Waals surface area contributed by atoms with Crippen LogP contribution in [0.15, 0.2) is 21.3 Å². The van der Waals surface area contributed by atoms with Crippen molar-refractivity contribution in [2.75, 3.05) is 6.54 Å². The topological polar surface area (TPSA) is 24.9 Å². The van der Waals surface area contributed by atoms with Crippen molar-refractivity contribution in [3.63, 3.8) is 0 Å². The Kier molecular flexibility index (Phi) is 4.52. The quantitative estimate of drug-likeness (QED) is 0.839. The Morgan fingerprint density at radius 2 is 2.31 bits per heavy atom. The van der Waals surface area contributed by atoms with E-state index < -0.39 is 0 Å². The highest BCUT2D eigenvalue weighted by Gasteiger charge is 2.06. The fourth-order valence-corrected chi connectivity index (χ4v) is 3.60. The van der Waals surface area contributed by atoms with Gasteiger partial charge in [-0.15, -0.1) is 22.7 Å². The first-order chi connectivity index (χ1) is 7.79. The third-order valence-electron chi connectivity index (χ3n) is 2.07. The molecule has 86 valence electrons. The molecule has 0 amide bonds. The maximum absolute atomic E-state index is 4.61. The molecular formula is C11H13BrN2S2. The van der Waals surface area contributed by atoms with Gasteiger partial charge >= 0.3 is 0 Å². The molecule has 0 unspecified atom stereocenters. The summed E-state index contributed by atoms with van der Waals surface area (Å²) in [7, 11) is 0. The molecule has 0 radical (unpaired) electrons.